The molecule has 1 unspecified atom stereocenters. The number of ether oxygens (including phenoxy) is 1. The van der Waals surface area contributed by atoms with Gasteiger partial charge in [-0.15, -0.1) is 0 Å². The van der Waals surface area contributed by atoms with Gasteiger partial charge in [-0.2, -0.15) is 5.10 Å². The van der Waals surface area contributed by atoms with Crippen LogP contribution in [0.15, 0.2) is 6.20 Å². The number of Topliss-reactive ketones (excluding diaryl/α,β-unsaturated/α-hetero) is 1. The van der Waals surface area contributed by atoms with Gasteiger partial charge < -0.3 is 15.4 Å². The van der Waals surface area contributed by atoms with Gasteiger partial charge in [0.15, 0.2) is 11.5 Å². The summed E-state index contributed by atoms with van der Waals surface area (Å²) in [7, 11) is 5.52. The first kappa shape index (κ1) is 15.7. The molecule has 0 saturated heterocycles. The van der Waals surface area contributed by atoms with E-state index in [0.29, 0.717) is 30.8 Å². The molecule has 0 amide bonds. The van der Waals surface area contributed by atoms with E-state index in [1.165, 1.54) is 0 Å². The summed E-state index contributed by atoms with van der Waals surface area (Å²) >= 11 is 0. The molecule has 1 heterocycles. The Balaban J connectivity index is 2.82. The number of hydrogen-bond acceptors (Lipinski definition) is 5. The highest BCUT2D eigenvalue weighted by Gasteiger charge is 2.19. The third-order valence-corrected chi connectivity index (χ3v) is 2.88. The summed E-state index contributed by atoms with van der Waals surface area (Å²) < 4.78 is 6.92. The van der Waals surface area contributed by atoms with Gasteiger partial charge in [0.05, 0.1) is 19.9 Å². The minimum absolute atomic E-state index is 0.0214. The summed E-state index contributed by atoms with van der Waals surface area (Å²) in [5, 5.41) is 4.22. The third kappa shape index (κ3) is 4.65. The minimum atomic E-state index is 0.0214. The van der Waals surface area contributed by atoms with Crippen LogP contribution in [0.1, 0.15) is 30.3 Å². The summed E-state index contributed by atoms with van der Waals surface area (Å²) in [4.78, 5) is 14.3. The van der Waals surface area contributed by atoms with Crippen molar-refractivity contribution in [1.82, 2.24) is 14.7 Å². The Kier molecular flexibility index (Phi) is 5.98. The number of carbonyl (C=O) groups excluding carboxylic acids is 1. The highest BCUT2D eigenvalue weighted by atomic mass is 16.5. The summed E-state index contributed by atoms with van der Waals surface area (Å²) in [6, 6.07) is 0.0214. The molecule has 108 valence electrons. The topological polar surface area (TPSA) is 73.4 Å². The zero-order chi connectivity index (χ0) is 14.4. The van der Waals surface area contributed by atoms with E-state index in [4.69, 9.17) is 10.5 Å². The van der Waals surface area contributed by atoms with Gasteiger partial charge in [0.2, 0.25) is 0 Å². The smallest absolute Gasteiger partial charge is 0.184 e. The first-order valence-electron chi connectivity index (χ1n) is 6.49. The predicted octanol–water partition coefficient (Wildman–Crippen LogP) is 0.763. The molecule has 19 heavy (non-hydrogen) atoms. The molecule has 0 fully saturated rings. The maximum atomic E-state index is 12.2. The zero-order valence-corrected chi connectivity index (χ0v) is 12.2. The van der Waals surface area contributed by atoms with Crippen molar-refractivity contribution < 1.29 is 9.53 Å². The lowest BCUT2D eigenvalue weighted by molar-refractivity contribution is 0.0963. The number of hydrogen-bond donors (Lipinski definition) is 1. The van der Waals surface area contributed by atoms with E-state index in [-0.39, 0.29) is 11.8 Å². The van der Waals surface area contributed by atoms with Gasteiger partial charge in [0.25, 0.3) is 0 Å². The molecule has 0 spiro atoms. The second-order valence-corrected chi connectivity index (χ2v) is 5.03. The van der Waals surface area contributed by atoms with Crippen LogP contribution in [0.4, 0.5) is 0 Å². The van der Waals surface area contributed by atoms with E-state index in [2.05, 4.69) is 5.10 Å². The average molecular weight is 268 g/mol. The van der Waals surface area contributed by atoms with Gasteiger partial charge in [-0.3, -0.25) is 9.48 Å². The number of carbonyl (C=O) groups is 1. The van der Waals surface area contributed by atoms with E-state index in [1.807, 2.05) is 25.9 Å². The molecule has 1 atom stereocenters. The van der Waals surface area contributed by atoms with E-state index in [9.17, 15) is 4.79 Å². The van der Waals surface area contributed by atoms with Crippen LogP contribution in [0.5, 0.6) is 5.75 Å². The Morgan fingerprint density at radius 2 is 2.26 bits per heavy atom. The van der Waals surface area contributed by atoms with Crippen LogP contribution in [-0.2, 0) is 6.54 Å². The SMILES string of the molecule is COc1cnn(CCN(C)C)c1C(=O)CCC(C)N. The number of methoxy groups -OCH3 is 1. The highest BCUT2D eigenvalue weighted by Crippen LogP contribution is 2.20. The van der Waals surface area contributed by atoms with Crippen molar-refractivity contribution >= 4 is 5.78 Å². The third-order valence-electron chi connectivity index (χ3n) is 2.88. The van der Waals surface area contributed by atoms with Crippen molar-refractivity contribution in [3.05, 3.63) is 11.9 Å². The Bertz CT molecular complexity index is 413. The summed E-state index contributed by atoms with van der Waals surface area (Å²) in [5.41, 5.74) is 6.23. The maximum absolute atomic E-state index is 12.2. The Morgan fingerprint density at radius 3 is 2.79 bits per heavy atom. The fourth-order valence-corrected chi connectivity index (χ4v) is 1.74. The second kappa shape index (κ2) is 7.25. The van der Waals surface area contributed by atoms with Gasteiger partial charge >= 0.3 is 0 Å². The van der Waals surface area contributed by atoms with Crippen molar-refractivity contribution in [2.45, 2.75) is 32.4 Å². The van der Waals surface area contributed by atoms with Crippen molar-refractivity contribution in [3.8, 4) is 5.75 Å². The largest absolute Gasteiger partial charge is 0.493 e. The van der Waals surface area contributed by atoms with E-state index < -0.39 is 0 Å². The lowest BCUT2D eigenvalue weighted by Gasteiger charge is -2.12. The first-order valence-corrected chi connectivity index (χ1v) is 6.49. The van der Waals surface area contributed by atoms with Gasteiger partial charge in [-0.05, 0) is 27.4 Å². The molecular formula is C13H24N4O2. The molecule has 0 aromatic carbocycles. The van der Waals surface area contributed by atoms with Crippen LogP contribution in [0.25, 0.3) is 0 Å². The first-order chi connectivity index (χ1) is 8.95. The molecule has 0 bridgehead atoms. The van der Waals surface area contributed by atoms with Gasteiger partial charge in [-0.1, -0.05) is 0 Å². The zero-order valence-electron chi connectivity index (χ0n) is 12.2. The Hall–Kier alpha value is -1.40. The predicted molar refractivity (Wildman–Crippen MR) is 74.5 cm³/mol. The molecular weight excluding hydrogens is 244 g/mol. The number of likely N-dealkylation sites (N-methyl/N-ethyl adjacent to an activating group) is 1. The van der Waals surface area contributed by atoms with Crippen molar-refractivity contribution in [2.75, 3.05) is 27.7 Å². The van der Waals surface area contributed by atoms with E-state index in [0.717, 1.165) is 6.54 Å². The molecule has 1 rings (SSSR count). The number of ketones is 1. The standard InChI is InChI=1S/C13H24N4O2/c1-10(14)5-6-11(18)13-12(19-4)9-15-17(13)8-7-16(2)3/h9-10H,5-8,14H2,1-4H3. The van der Waals surface area contributed by atoms with Gasteiger partial charge in [-0.25, -0.2) is 0 Å². The molecule has 1 aromatic rings. The van der Waals surface area contributed by atoms with E-state index in [1.54, 1.807) is 18.0 Å². The molecule has 0 aliphatic heterocycles. The normalized spacial score (nSPS) is 12.7. The summed E-state index contributed by atoms with van der Waals surface area (Å²) in [5.74, 6) is 0.568. The molecule has 0 saturated carbocycles. The average Bonchev–Trinajstić information content (AvgIpc) is 2.76. The van der Waals surface area contributed by atoms with Gasteiger partial charge in [0.1, 0.15) is 5.69 Å². The van der Waals surface area contributed by atoms with Crippen LogP contribution in [0.2, 0.25) is 0 Å². The number of nitrogens with zero attached hydrogens (tertiary/aromatic N) is 3. The fourth-order valence-electron chi connectivity index (χ4n) is 1.74. The molecule has 6 heteroatoms. The summed E-state index contributed by atoms with van der Waals surface area (Å²) in [6.07, 6.45) is 2.68. The monoisotopic (exact) mass is 268 g/mol. The molecule has 6 nitrogen and oxygen atoms in total. The maximum Gasteiger partial charge on any atom is 0.184 e. The lowest BCUT2D eigenvalue weighted by atomic mass is 10.1. The molecule has 0 aliphatic carbocycles. The van der Waals surface area contributed by atoms with Crippen LogP contribution in [0.3, 0.4) is 0 Å². The number of nitrogens with two attached hydrogens (primary N) is 1. The highest BCUT2D eigenvalue weighted by molar-refractivity contribution is 5.97. The van der Waals surface area contributed by atoms with Crippen LogP contribution in [-0.4, -0.2) is 54.3 Å². The molecule has 0 aliphatic rings. The Labute approximate surface area is 114 Å². The van der Waals surface area contributed by atoms with Crippen LogP contribution >= 0.6 is 0 Å². The quantitative estimate of drug-likeness (QED) is 0.705. The molecule has 1 aromatic heterocycles. The lowest BCUT2D eigenvalue weighted by Crippen LogP contribution is -2.22. The summed E-state index contributed by atoms with van der Waals surface area (Å²) in [6.45, 7) is 3.38. The fraction of sp³-hybridized carbons (Fsp3) is 0.692. The molecule has 0 radical (unpaired) electrons. The van der Waals surface area contributed by atoms with Gasteiger partial charge in [0, 0.05) is 19.0 Å². The van der Waals surface area contributed by atoms with Crippen LogP contribution < -0.4 is 10.5 Å². The van der Waals surface area contributed by atoms with Crippen molar-refractivity contribution in [3.63, 3.8) is 0 Å². The Morgan fingerprint density at radius 1 is 1.58 bits per heavy atom. The van der Waals surface area contributed by atoms with Crippen LogP contribution in [0, 0.1) is 0 Å². The number of rotatable bonds is 8. The minimum Gasteiger partial charge on any atom is -0.493 e. The molecule has 2 N–H and O–H groups in total. The van der Waals surface area contributed by atoms with Crippen molar-refractivity contribution in [1.29, 1.82) is 0 Å². The second-order valence-electron chi connectivity index (χ2n) is 5.03. The number of aromatic nitrogens is 2. The van der Waals surface area contributed by atoms with Crippen molar-refractivity contribution in [2.24, 2.45) is 5.73 Å². The van der Waals surface area contributed by atoms with E-state index >= 15 is 0 Å².